The van der Waals surface area contributed by atoms with Gasteiger partial charge in [-0.15, -0.1) is 0 Å². The summed E-state index contributed by atoms with van der Waals surface area (Å²) in [5.41, 5.74) is 7.78. The fourth-order valence-electron chi connectivity index (χ4n) is 1.87. The van der Waals surface area contributed by atoms with E-state index in [4.69, 9.17) is 5.73 Å². The molecule has 19 heavy (non-hydrogen) atoms. The molecule has 0 aliphatic rings. The number of nitrogens with zero attached hydrogens (tertiary/aromatic N) is 4. The summed E-state index contributed by atoms with van der Waals surface area (Å²) in [7, 11) is 0. The van der Waals surface area contributed by atoms with Crippen LogP contribution in [0, 0.1) is 6.92 Å². The van der Waals surface area contributed by atoms with Gasteiger partial charge in [-0.25, -0.2) is 9.97 Å². The number of hydrogen-bond acceptors (Lipinski definition) is 6. The fourth-order valence-corrected chi connectivity index (χ4v) is 3.60. The van der Waals surface area contributed by atoms with Gasteiger partial charge >= 0.3 is 0 Å². The predicted octanol–water partition coefficient (Wildman–Crippen LogP) is 2.15. The molecule has 0 saturated carbocycles. The summed E-state index contributed by atoms with van der Waals surface area (Å²) in [4.78, 5) is 9.01. The fraction of sp³-hybridized carbons (Fsp3) is 0.250. The van der Waals surface area contributed by atoms with E-state index in [-0.39, 0.29) is 0 Å². The van der Waals surface area contributed by atoms with Crippen LogP contribution >= 0.6 is 23.3 Å². The second-order valence-corrected chi connectivity index (χ2v) is 6.03. The SMILES string of the molecule is Cc1nsc(Sc2nc3ccccn3c2CCN)n1. The smallest absolute Gasteiger partial charge is 0.176 e. The zero-order valence-electron chi connectivity index (χ0n) is 10.4. The molecular weight excluding hydrogens is 278 g/mol. The Balaban J connectivity index is 2.04. The van der Waals surface area contributed by atoms with Crippen LogP contribution in [0.2, 0.25) is 0 Å². The molecular formula is C12H13N5S2. The van der Waals surface area contributed by atoms with E-state index in [1.54, 1.807) is 11.8 Å². The lowest BCUT2D eigenvalue weighted by molar-refractivity contribution is 0.876. The number of hydrogen-bond donors (Lipinski definition) is 1. The first-order valence-electron chi connectivity index (χ1n) is 5.92. The van der Waals surface area contributed by atoms with E-state index in [0.717, 1.165) is 33.0 Å². The third-order valence-electron chi connectivity index (χ3n) is 2.67. The van der Waals surface area contributed by atoms with Gasteiger partial charge in [0.25, 0.3) is 0 Å². The number of pyridine rings is 1. The number of nitrogens with two attached hydrogens (primary N) is 1. The highest BCUT2D eigenvalue weighted by atomic mass is 32.2. The number of aromatic nitrogens is 4. The molecule has 98 valence electrons. The van der Waals surface area contributed by atoms with Crippen LogP contribution in [0.5, 0.6) is 0 Å². The number of aryl methyl sites for hydroxylation is 1. The van der Waals surface area contributed by atoms with Crippen molar-refractivity contribution in [2.45, 2.75) is 22.7 Å². The first kappa shape index (κ1) is 12.6. The maximum absolute atomic E-state index is 5.70. The molecule has 3 heterocycles. The highest BCUT2D eigenvalue weighted by Crippen LogP contribution is 2.31. The van der Waals surface area contributed by atoms with Crippen molar-refractivity contribution in [1.29, 1.82) is 0 Å². The molecule has 0 bridgehead atoms. The molecule has 7 heteroatoms. The predicted molar refractivity (Wildman–Crippen MR) is 76.7 cm³/mol. The van der Waals surface area contributed by atoms with E-state index in [2.05, 4.69) is 18.7 Å². The Morgan fingerprint density at radius 3 is 3.00 bits per heavy atom. The average molecular weight is 291 g/mol. The van der Waals surface area contributed by atoms with Crippen molar-refractivity contribution in [1.82, 2.24) is 18.7 Å². The van der Waals surface area contributed by atoms with E-state index >= 15 is 0 Å². The van der Waals surface area contributed by atoms with Crippen LogP contribution in [-0.4, -0.2) is 25.3 Å². The summed E-state index contributed by atoms with van der Waals surface area (Å²) in [6.07, 6.45) is 2.81. The van der Waals surface area contributed by atoms with E-state index in [0.29, 0.717) is 6.54 Å². The minimum atomic E-state index is 0.603. The van der Waals surface area contributed by atoms with Crippen molar-refractivity contribution in [3.63, 3.8) is 0 Å². The molecule has 0 aromatic carbocycles. The van der Waals surface area contributed by atoms with Crippen LogP contribution in [0.25, 0.3) is 5.65 Å². The van der Waals surface area contributed by atoms with Crippen LogP contribution < -0.4 is 5.73 Å². The average Bonchev–Trinajstić information content (AvgIpc) is 2.96. The van der Waals surface area contributed by atoms with Crippen molar-refractivity contribution >= 4 is 28.9 Å². The molecule has 3 rings (SSSR count). The normalized spacial score (nSPS) is 11.3. The largest absolute Gasteiger partial charge is 0.330 e. The Bertz CT molecular complexity index is 703. The monoisotopic (exact) mass is 291 g/mol. The first-order chi connectivity index (χ1) is 9.28. The van der Waals surface area contributed by atoms with Crippen LogP contribution in [0.1, 0.15) is 11.5 Å². The van der Waals surface area contributed by atoms with Crippen molar-refractivity contribution in [3.8, 4) is 0 Å². The molecule has 0 unspecified atom stereocenters. The molecule has 0 fully saturated rings. The van der Waals surface area contributed by atoms with Gasteiger partial charge in [0.15, 0.2) is 4.34 Å². The van der Waals surface area contributed by atoms with Gasteiger partial charge in [-0.2, -0.15) is 4.37 Å². The zero-order valence-corrected chi connectivity index (χ0v) is 12.0. The summed E-state index contributed by atoms with van der Waals surface area (Å²) >= 11 is 2.96. The second kappa shape index (κ2) is 5.28. The molecule has 0 amide bonds. The standard InChI is InChI=1S/C12H13N5S2/c1-8-14-12(19-16-8)18-11-9(5-6-13)17-7-3-2-4-10(17)15-11/h2-4,7H,5-6,13H2,1H3. The van der Waals surface area contributed by atoms with Gasteiger partial charge in [0, 0.05) is 12.6 Å². The van der Waals surface area contributed by atoms with Crippen LogP contribution in [0.15, 0.2) is 33.8 Å². The lowest BCUT2D eigenvalue weighted by Crippen LogP contribution is -2.05. The van der Waals surface area contributed by atoms with Crippen molar-refractivity contribution < 1.29 is 0 Å². The summed E-state index contributed by atoms with van der Waals surface area (Å²) in [6, 6.07) is 5.98. The van der Waals surface area contributed by atoms with E-state index in [9.17, 15) is 0 Å². The van der Waals surface area contributed by atoms with Gasteiger partial charge in [-0.05, 0) is 48.9 Å². The molecule has 0 atom stereocenters. The first-order valence-corrected chi connectivity index (χ1v) is 7.51. The summed E-state index contributed by atoms with van der Waals surface area (Å²) in [6.45, 7) is 2.50. The number of rotatable bonds is 4. The lowest BCUT2D eigenvalue weighted by Gasteiger charge is -2.01. The molecule has 0 spiro atoms. The van der Waals surface area contributed by atoms with E-state index in [1.807, 2.05) is 31.3 Å². The van der Waals surface area contributed by atoms with E-state index < -0.39 is 0 Å². The molecule has 3 aromatic rings. The van der Waals surface area contributed by atoms with Crippen molar-refractivity contribution in [2.24, 2.45) is 5.73 Å². The second-order valence-electron chi connectivity index (χ2n) is 4.04. The number of imidazole rings is 1. The highest BCUT2D eigenvalue weighted by molar-refractivity contribution is 8.00. The highest BCUT2D eigenvalue weighted by Gasteiger charge is 2.14. The van der Waals surface area contributed by atoms with Gasteiger partial charge in [0.1, 0.15) is 16.5 Å². The van der Waals surface area contributed by atoms with Crippen molar-refractivity contribution in [3.05, 3.63) is 35.9 Å². The molecule has 2 N–H and O–H groups in total. The van der Waals surface area contributed by atoms with Gasteiger partial charge in [0.05, 0.1) is 5.69 Å². The lowest BCUT2D eigenvalue weighted by atomic mass is 10.3. The summed E-state index contributed by atoms with van der Waals surface area (Å²) < 4.78 is 7.20. The minimum Gasteiger partial charge on any atom is -0.330 e. The number of fused-ring (bicyclic) bond motifs is 1. The molecule has 0 radical (unpaired) electrons. The minimum absolute atomic E-state index is 0.603. The van der Waals surface area contributed by atoms with Gasteiger partial charge in [-0.3, -0.25) is 0 Å². The summed E-state index contributed by atoms with van der Waals surface area (Å²) in [5.74, 6) is 0.802. The van der Waals surface area contributed by atoms with Crippen LogP contribution in [-0.2, 0) is 6.42 Å². The Kier molecular flexibility index (Phi) is 3.50. The Hall–Kier alpha value is -1.44. The third-order valence-corrected chi connectivity index (χ3v) is 4.53. The zero-order chi connectivity index (χ0) is 13.2. The van der Waals surface area contributed by atoms with E-state index in [1.165, 1.54) is 11.5 Å². The van der Waals surface area contributed by atoms with Crippen LogP contribution in [0.3, 0.4) is 0 Å². The van der Waals surface area contributed by atoms with Crippen LogP contribution in [0.4, 0.5) is 0 Å². The Labute approximate surface area is 119 Å². The molecule has 3 aromatic heterocycles. The van der Waals surface area contributed by atoms with Gasteiger partial charge < -0.3 is 10.1 Å². The van der Waals surface area contributed by atoms with Crippen molar-refractivity contribution in [2.75, 3.05) is 6.54 Å². The molecule has 5 nitrogen and oxygen atoms in total. The quantitative estimate of drug-likeness (QED) is 0.797. The Morgan fingerprint density at radius 1 is 1.37 bits per heavy atom. The molecule has 0 aliphatic carbocycles. The van der Waals surface area contributed by atoms with Gasteiger partial charge in [-0.1, -0.05) is 6.07 Å². The maximum atomic E-state index is 5.70. The Morgan fingerprint density at radius 2 is 2.26 bits per heavy atom. The molecule has 0 aliphatic heterocycles. The third kappa shape index (κ3) is 2.49. The topological polar surface area (TPSA) is 69.1 Å². The molecule has 0 saturated heterocycles. The summed E-state index contributed by atoms with van der Waals surface area (Å²) in [5, 5.41) is 0.966. The van der Waals surface area contributed by atoms with Gasteiger partial charge in [0.2, 0.25) is 0 Å². The maximum Gasteiger partial charge on any atom is 0.176 e.